The van der Waals surface area contributed by atoms with E-state index in [0.717, 1.165) is 22.6 Å². The second kappa shape index (κ2) is 9.02. The summed E-state index contributed by atoms with van der Waals surface area (Å²) < 4.78 is 13.3. The van der Waals surface area contributed by atoms with Crippen LogP contribution in [0.5, 0.6) is 11.5 Å². The molecule has 2 heterocycles. The Bertz CT molecular complexity index is 1180. The molecule has 0 N–H and O–H groups in total. The normalized spacial score (nSPS) is 14.5. The average Bonchev–Trinajstić information content (AvgIpc) is 3.30. The first-order valence-corrected chi connectivity index (χ1v) is 10.9. The molecule has 2 aromatic carbocycles. The molecular formula is C26H29N3O4. The quantitative estimate of drug-likeness (QED) is 0.569. The molecule has 3 aromatic rings. The number of carbonyl (C=O) groups is 2. The molecule has 0 saturated carbocycles. The third-order valence-electron chi connectivity index (χ3n) is 6.05. The molecule has 1 aliphatic heterocycles. The second-order valence-electron chi connectivity index (χ2n) is 8.31. The van der Waals surface area contributed by atoms with Crippen molar-refractivity contribution in [2.24, 2.45) is 0 Å². The topological polar surface area (TPSA) is 64.0 Å². The van der Waals surface area contributed by atoms with Crippen LogP contribution in [0.2, 0.25) is 0 Å². The van der Waals surface area contributed by atoms with Gasteiger partial charge in [-0.15, -0.1) is 0 Å². The number of aromatic nitrogens is 1. The van der Waals surface area contributed by atoms with Gasteiger partial charge in [-0.3, -0.25) is 14.5 Å². The Morgan fingerprint density at radius 2 is 1.73 bits per heavy atom. The number of hydrogen-bond acceptors (Lipinski definition) is 4. The smallest absolute Gasteiger partial charge is 0.247 e. The van der Waals surface area contributed by atoms with Crippen LogP contribution in [0.3, 0.4) is 0 Å². The van der Waals surface area contributed by atoms with Crippen LogP contribution in [-0.4, -0.2) is 48.1 Å². The van der Waals surface area contributed by atoms with Crippen molar-refractivity contribution in [1.29, 1.82) is 0 Å². The van der Waals surface area contributed by atoms with Crippen molar-refractivity contribution < 1.29 is 19.1 Å². The molecule has 0 radical (unpaired) electrons. The Kier molecular flexibility index (Phi) is 6.14. The van der Waals surface area contributed by atoms with Crippen LogP contribution in [0, 0.1) is 0 Å². The van der Waals surface area contributed by atoms with E-state index in [9.17, 15) is 9.59 Å². The van der Waals surface area contributed by atoms with Gasteiger partial charge in [0.15, 0.2) is 0 Å². The van der Waals surface area contributed by atoms with E-state index in [1.54, 1.807) is 24.0 Å². The Balaban J connectivity index is 1.92. The van der Waals surface area contributed by atoms with Crippen LogP contribution < -0.4 is 14.4 Å². The van der Waals surface area contributed by atoms with E-state index in [0.29, 0.717) is 11.5 Å². The number of hydrogen-bond donors (Lipinski definition) is 0. The van der Waals surface area contributed by atoms with Crippen LogP contribution >= 0.6 is 0 Å². The third kappa shape index (κ3) is 3.95. The highest BCUT2D eigenvalue weighted by molar-refractivity contribution is 6.00. The maximum absolute atomic E-state index is 13.9. The van der Waals surface area contributed by atoms with Gasteiger partial charge in [0.1, 0.15) is 24.1 Å². The number of benzene rings is 2. The summed E-state index contributed by atoms with van der Waals surface area (Å²) in [7, 11) is 3.23. The van der Waals surface area contributed by atoms with Crippen LogP contribution in [0.1, 0.15) is 38.1 Å². The summed E-state index contributed by atoms with van der Waals surface area (Å²) in [6, 6.07) is 16.8. The minimum atomic E-state index is -0.464. The van der Waals surface area contributed by atoms with Gasteiger partial charge in [-0.1, -0.05) is 12.1 Å². The maximum Gasteiger partial charge on any atom is 0.247 e. The number of nitrogens with zero attached hydrogens (tertiary/aromatic N) is 3. The molecule has 1 aliphatic rings. The Morgan fingerprint density at radius 3 is 2.36 bits per heavy atom. The van der Waals surface area contributed by atoms with Crippen molar-refractivity contribution in [3.8, 4) is 17.2 Å². The number of anilines is 1. The fourth-order valence-electron chi connectivity index (χ4n) is 4.49. The van der Waals surface area contributed by atoms with Gasteiger partial charge in [0.2, 0.25) is 11.8 Å². The zero-order chi connectivity index (χ0) is 23.7. The summed E-state index contributed by atoms with van der Waals surface area (Å²) in [5.41, 5.74) is 3.40. The minimum Gasteiger partial charge on any atom is -0.497 e. The lowest BCUT2D eigenvalue weighted by Crippen LogP contribution is -2.48. The minimum absolute atomic E-state index is 0.0230. The fourth-order valence-corrected chi connectivity index (χ4v) is 4.49. The Labute approximate surface area is 194 Å². The van der Waals surface area contributed by atoms with Crippen LogP contribution in [0.4, 0.5) is 5.69 Å². The molecule has 1 unspecified atom stereocenters. The zero-order valence-corrected chi connectivity index (χ0v) is 19.6. The highest BCUT2D eigenvalue weighted by atomic mass is 16.5. The van der Waals surface area contributed by atoms with E-state index in [2.05, 4.69) is 4.57 Å². The highest BCUT2D eigenvalue weighted by Gasteiger charge is 2.38. The predicted octanol–water partition coefficient (Wildman–Crippen LogP) is 4.19. The molecular weight excluding hydrogens is 418 g/mol. The number of carbonyl (C=O) groups excluding carboxylic acids is 2. The van der Waals surface area contributed by atoms with Gasteiger partial charge in [0.05, 0.1) is 31.3 Å². The molecule has 0 fully saturated rings. The summed E-state index contributed by atoms with van der Waals surface area (Å²) in [6.07, 6.45) is 1.99. The number of para-hydroxylation sites is 2. The van der Waals surface area contributed by atoms with Crippen molar-refractivity contribution in [2.75, 3.05) is 25.7 Å². The van der Waals surface area contributed by atoms with Crippen molar-refractivity contribution in [3.63, 3.8) is 0 Å². The summed E-state index contributed by atoms with van der Waals surface area (Å²) in [6.45, 7) is 5.29. The van der Waals surface area contributed by atoms with Crippen LogP contribution in [-0.2, 0) is 9.59 Å². The van der Waals surface area contributed by atoms with Crippen molar-refractivity contribution in [1.82, 2.24) is 9.47 Å². The van der Waals surface area contributed by atoms with Gasteiger partial charge in [0.25, 0.3) is 0 Å². The van der Waals surface area contributed by atoms with Crippen LogP contribution in [0.15, 0.2) is 60.8 Å². The Morgan fingerprint density at radius 1 is 1.00 bits per heavy atom. The molecule has 0 saturated heterocycles. The maximum atomic E-state index is 13.9. The van der Waals surface area contributed by atoms with Crippen molar-refractivity contribution >= 4 is 17.5 Å². The van der Waals surface area contributed by atoms with E-state index in [1.807, 2.05) is 74.6 Å². The zero-order valence-electron chi connectivity index (χ0n) is 19.6. The number of fused-ring (bicyclic) bond motifs is 3. The first kappa shape index (κ1) is 22.5. The van der Waals surface area contributed by atoms with Gasteiger partial charge in [0, 0.05) is 24.7 Å². The molecule has 172 valence electrons. The largest absolute Gasteiger partial charge is 0.497 e. The van der Waals surface area contributed by atoms with E-state index in [4.69, 9.17) is 9.47 Å². The average molecular weight is 448 g/mol. The second-order valence-corrected chi connectivity index (χ2v) is 8.31. The molecule has 0 spiro atoms. The number of ether oxygens (including phenoxy) is 2. The molecule has 1 aromatic heterocycles. The monoisotopic (exact) mass is 447 g/mol. The SMILES string of the molecule is COc1ccc(OC)c(C2c3cccn3-c3ccccc3N2C(=O)CN(C(C)=O)C(C)C)c1. The molecule has 0 bridgehead atoms. The Hall–Kier alpha value is -3.74. The predicted molar refractivity (Wildman–Crippen MR) is 127 cm³/mol. The molecule has 1 atom stereocenters. The summed E-state index contributed by atoms with van der Waals surface area (Å²) in [4.78, 5) is 29.5. The van der Waals surface area contributed by atoms with Crippen molar-refractivity contribution in [3.05, 3.63) is 72.1 Å². The van der Waals surface area contributed by atoms with Gasteiger partial charge in [-0.2, -0.15) is 0 Å². The molecule has 4 rings (SSSR count). The van der Waals surface area contributed by atoms with Gasteiger partial charge >= 0.3 is 0 Å². The van der Waals surface area contributed by atoms with E-state index < -0.39 is 6.04 Å². The first-order valence-electron chi connectivity index (χ1n) is 10.9. The summed E-state index contributed by atoms with van der Waals surface area (Å²) in [5.74, 6) is 1.01. The third-order valence-corrected chi connectivity index (χ3v) is 6.05. The van der Waals surface area contributed by atoms with E-state index in [-0.39, 0.29) is 24.4 Å². The van der Waals surface area contributed by atoms with E-state index >= 15 is 0 Å². The van der Waals surface area contributed by atoms with Crippen molar-refractivity contribution in [2.45, 2.75) is 32.9 Å². The lowest BCUT2D eigenvalue weighted by atomic mass is 9.96. The molecule has 2 amide bonds. The standard InChI is InChI=1S/C26H29N3O4/c1-17(2)28(18(3)30)16-25(31)29-22-10-7-6-9-21(22)27-14-8-11-23(27)26(29)20-15-19(32-4)12-13-24(20)33-5/h6-15,17,26H,16H2,1-5H3. The molecule has 0 aliphatic carbocycles. The van der Waals surface area contributed by atoms with Crippen LogP contribution in [0.25, 0.3) is 5.69 Å². The summed E-state index contributed by atoms with van der Waals surface area (Å²) in [5, 5.41) is 0. The van der Waals surface area contributed by atoms with Gasteiger partial charge in [-0.25, -0.2) is 0 Å². The first-order chi connectivity index (χ1) is 15.9. The molecule has 7 nitrogen and oxygen atoms in total. The van der Waals surface area contributed by atoms with Gasteiger partial charge in [-0.05, 0) is 56.3 Å². The number of methoxy groups -OCH3 is 2. The summed E-state index contributed by atoms with van der Waals surface area (Å²) >= 11 is 0. The lowest BCUT2D eigenvalue weighted by Gasteiger charge is -2.40. The highest BCUT2D eigenvalue weighted by Crippen LogP contribution is 2.45. The number of amides is 2. The molecule has 33 heavy (non-hydrogen) atoms. The van der Waals surface area contributed by atoms with E-state index in [1.165, 1.54) is 6.92 Å². The number of rotatable bonds is 6. The fraction of sp³-hybridized carbons (Fsp3) is 0.308. The molecule has 7 heteroatoms. The lowest BCUT2D eigenvalue weighted by molar-refractivity contribution is -0.135. The van der Waals surface area contributed by atoms with Gasteiger partial charge < -0.3 is 18.9 Å².